The molecule has 0 fully saturated rings. The van der Waals surface area contributed by atoms with E-state index >= 15 is 0 Å². The van der Waals surface area contributed by atoms with E-state index in [4.69, 9.17) is 4.52 Å². The first-order chi connectivity index (χ1) is 8.06. The van der Waals surface area contributed by atoms with Crippen LogP contribution in [0.25, 0.3) is 0 Å². The minimum absolute atomic E-state index is 0.213. The van der Waals surface area contributed by atoms with Crippen molar-refractivity contribution in [1.82, 2.24) is 5.16 Å². The third-order valence-corrected chi connectivity index (χ3v) is 2.78. The summed E-state index contributed by atoms with van der Waals surface area (Å²) < 4.78 is 5.87. The molecule has 1 heterocycles. The quantitative estimate of drug-likeness (QED) is 0.924. The van der Waals surface area contributed by atoms with E-state index in [9.17, 15) is 4.79 Å². The SMILES string of the molecule is Cc1cc(C(=O)Nc2ccc(Br)cc2C)on1. The van der Waals surface area contributed by atoms with Gasteiger partial charge in [-0.15, -0.1) is 0 Å². The highest BCUT2D eigenvalue weighted by Crippen LogP contribution is 2.20. The number of carbonyl (C=O) groups is 1. The molecule has 0 spiro atoms. The number of nitrogens with zero attached hydrogens (tertiary/aromatic N) is 1. The summed E-state index contributed by atoms with van der Waals surface area (Å²) in [7, 11) is 0. The van der Waals surface area contributed by atoms with E-state index in [2.05, 4.69) is 26.4 Å². The third-order valence-electron chi connectivity index (χ3n) is 2.29. The standard InChI is InChI=1S/C12H11BrN2O2/c1-7-5-9(13)3-4-10(7)14-12(16)11-6-8(2)15-17-11/h3-6H,1-2H3,(H,14,16). The van der Waals surface area contributed by atoms with Crippen molar-refractivity contribution in [3.8, 4) is 0 Å². The molecule has 2 aromatic rings. The lowest BCUT2D eigenvalue weighted by Crippen LogP contribution is -2.11. The van der Waals surface area contributed by atoms with Gasteiger partial charge in [0, 0.05) is 16.2 Å². The molecule has 0 saturated carbocycles. The molecule has 17 heavy (non-hydrogen) atoms. The summed E-state index contributed by atoms with van der Waals surface area (Å²) >= 11 is 3.37. The van der Waals surface area contributed by atoms with Gasteiger partial charge in [-0.2, -0.15) is 0 Å². The van der Waals surface area contributed by atoms with Crippen LogP contribution in [0.4, 0.5) is 5.69 Å². The molecule has 2 rings (SSSR count). The topological polar surface area (TPSA) is 55.1 Å². The van der Waals surface area contributed by atoms with Crippen LogP contribution in [-0.4, -0.2) is 11.1 Å². The Bertz CT molecular complexity index is 563. The van der Waals surface area contributed by atoms with E-state index in [0.717, 1.165) is 15.7 Å². The largest absolute Gasteiger partial charge is 0.351 e. The Kier molecular flexibility index (Phi) is 3.28. The maximum Gasteiger partial charge on any atom is 0.294 e. The number of nitrogens with one attached hydrogen (secondary N) is 1. The van der Waals surface area contributed by atoms with Crippen molar-refractivity contribution in [3.63, 3.8) is 0 Å². The van der Waals surface area contributed by atoms with Gasteiger partial charge in [0.25, 0.3) is 5.91 Å². The highest BCUT2D eigenvalue weighted by Gasteiger charge is 2.12. The molecule has 88 valence electrons. The first-order valence-electron chi connectivity index (χ1n) is 5.07. The van der Waals surface area contributed by atoms with E-state index in [-0.39, 0.29) is 11.7 Å². The molecule has 0 unspecified atom stereocenters. The zero-order valence-electron chi connectivity index (χ0n) is 9.45. The Hall–Kier alpha value is -1.62. The number of benzene rings is 1. The fraction of sp³-hybridized carbons (Fsp3) is 0.167. The van der Waals surface area contributed by atoms with Crippen LogP contribution in [-0.2, 0) is 0 Å². The van der Waals surface area contributed by atoms with E-state index in [0.29, 0.717) is 5.69 Å². The Labute approximate surface area is 107 Å². The summed E-state index contributed by atoms with van der Waals surface area (Å²) in [5.74, 6) is -0.0826. The molecule has 1 amide bonds. The van der Waals surface area contributed by atoms with Crippen LogP contribution in [0.15, 0.2) is 33.3 Å². The summed E-state index contributed by atoms with van der Waals surface area (Å²) in [6.07, 6.45) is 0. The molecule has 4 nitrogen and oxygen atoms in total. The fourth-order valence-corrected chi connectivity index (χ4v) is 1.90. The van der Waals surface area contributed by atoms with Crippen molar-refractivity contribution in [2.24, 2.45) is 0 Å². The van der Waals surface area contributed by atoms with Crippen molar-refractivity contribution in [3.05, 3.63) is 45.8 Å². The van der Waals surface area contributed by atoms with Crippen LogP contribution in [0.5, 0.6) is 0 Å². The average Bonchev–Trinajstić information content (AvgIpc) is 2.69. The number of aromatic nitrogens is 1. The lowest BCUT2D eigenvalue weighted by Gasteiger charge is -2.06. The second-order valence-electron chi connectivity index (χ2n) is 3.75. The average molecular weight is 295 g/mol. The van der Waals surface area contributed by atoms with E-state index in [1.165, 1.54) is 0 Å². The number of rotatable bonds is 2. The second-order valence-corrected chi connectivity index (χ2v) is 4.66. The second kappa shape index (κ2) is 4.71. The number of amides is 1. The Balaban J connectivity index is 2.18. The van der Waals surface area contributed by atoms with Crippen molar-refractivity contribution >= 4 is 27.5 Å². The van der Waals surface area contributed by atoms with Crippen molar-refractivity contribution in [2.75, 3.05) is 5.32 Å². The highest BCUT2D eigenvalue weighted by molar-refractivity contribution is 9.10. The molecule has 0 radical (unpaired) electrons. The maximum absolute atomic E-state index is 11.8. The molecular weight excluding hydrogens is 284 g/mol. The first kappa shape index (κ1) is 11.9. The van der Waals surface area contributed by atoms with E-state index in [1.54, 1.807) is 13.0 Å². The van der Waals surface area contributed by atoms with Gasteiger partial charge < -0.3 is 9.84 Å². The first-order valence-corrected chi connectivity index (χ1v) is 5.86. The molecular formula is C12H11BrN2O2. The fourth-order valence-electron chi connectivity index (χ4n) is 1.42. The van der Waals surface area contributed by atoms with Gasteiger partial charge in [-0.3, -0.25) is 4.79 Å². The lowest BCUT2D eigenvalue weighted by atomic mass is 10.2. The van der Waals surface area contributed by atoms with Crippen LogP contribution in [0.3, 0.4) is 0 Å². The molecule has 0 bridgehead atoms. The lowest BCUT2D eigenvalue weighted by molar-refractivity contribution is 0.0988. The minimum atomic E-state index is -0.295. The summed E-state index contributed by atoms with van der Waals surface area (Å²) in [5, 5.41) is 6.45. The number of halogens is 1. The van der Waals surface area contributed by atoms with Gasteiger partial charge in [0.1, 0.15) is 0 Å². The summed E-state index contributed by atoms with van der Waals surface area (Å²) in [4.78, 5) is 11.8. The number of carbonyl (C=O) groups excluding carboxylic acids is 1. The molecule has 5 heteroatoms. The van der Waals surface area contributed by atoms with Gasteiger partial charge in [0.15, 0.2) is 0 Å². The van der Waals surface area contributed by atoms with Crippen LogP contribution in [0, 0.1) is 13.8 Å². The van der Waals surface area contributed by atoms with Gasteiger partial charge in [0.05, 0.1) is 5.69 Å². The number of hydrogen-bond acceptors (Lipinski definition) is 3. The summed E-state index contributed by atoms with van der Waals surface area (Å²) in [6, 6.07) is 7.24. The van der Waals surface area contributed by atoms with Gasteiger partial charge >= 0.3 is 0 Å². The zero-order valence-corrected chi connectivity index (χ0v) is 11.0. The monoisotopic (exact) mass is 294 g/mol. The Morgan fingerprint density at radius 3 is 2.71 bits per heavy atom. The van der Waals surface area contributed by atoms with Gasteiger partial charge in [-0.25, -0.2) is 0 Å². The van der Waals surface area contributed by atoms with Crippen LogP contribution >= 0.6 is 15.9 Å². The van der Waals surface area contributed by atoms with Crippen LogP contribution in [0.1, 0.15) is 21.8 Å². The third kappa shape index (κ3) is 2.74. The van der Waals surface area contributed by atoms with E-state index in [1.807, 2.05) is 25.1 Å². The number of hydrogen-bond donors (Lipinski definition) is 1. The molecule has 1 aromatic heterocycles. The van der Waals surface area contributed by atoms with Crippen LogP contribution in [0.2, 0.25) is 0 Å². The van der Waals surface area contributed by atoms with Crippen molar-refractivity contribution in [2.45, 2.75) is 13.8 Å². The van der Waals surface area contributed by atoms with Gasteiger partial charge in [-0.1, -0.05) is 21.1 Å². The predicted octanol–water partition coefficient (Wildman–Crippen LogP) is 3.31. The van der Waals surface area contributed by atoms with Crippen molar-refractivity contribution < 1.29 is 9.32 Å². The maximum atomic E-state index is 11.8. The molecule has 0 atom stereocenters. The van der Waals surface area contributed by atoms with Crippen LogP contribution < -0.4 is 5.32 Å². The molecule has 0 aliphatic rings. The Morgan fingerprint density at radius 2 is 2.12 bits per heavy atom. The highest BCUT2D eigenvalue weighted by atomic mass is 79.9. The summed E-state index contributed by atoms with van der Waals surface area (Å²) in [6.45, 7) is 3.69. The van der Waals surface area contributed by atoms with Crippen molar-refractivity contribution in [1.29, 1.82) is 0 Å². The van der Waals surface area contributed by atoms with Gasteiger partial charge in [-0.05, 0) is 37.6 Å². The van der Waals surface area contributed by atoms with E-state index < -0.39 is 0 Å². The number of anilines is 1. The minimum Gasteiger partial charge on any atom is -0.351 e. The summed E-state index contributed by atoms with van der Waals surface area (Å²) in [5.41, 5.74) is 2.42. The predicted molar refractivity (Wildman–Crippen MR) is 68.1 cm³/mol. The molecule has 1 N–H and O–H groups in total. The number of aryl methyl sites for hydroxylation is 2. The molecule has 1 aromatic carbocycles. The molecule has 0 saturated heterocycles. The molecule has 0 aliphatic carbocycles. The Morgan fingerprint density at radius 1 is 1.35 bits per heavy atom. The van der Waals surface area contributed by atoms with Gasteiger partial charge in [0.2, 0.25) is 5.76 Å². The normalized spacial score (nSPS) is 10.3. The zero-order chi connectivity index (χ0) is 12.4. The molecule has 0 aliphatic heterocycles. The smallest absolute Gasteiger partial charge is 0.294 e.